The van der Waals surface area contributed by atoms with Gasteiger partial charge in [-0.1, -0.05) is 57.0 Å². The molecule has 3 rings (SSSR count). The van der Waals surface area contributed by atoms with E-state index >= 15 is 0 Å². The molecule has 1 heterocycles. The zero-order chi connectivity index (χ0) is 14.7. The van der Waals surface area contributed by atoms with Crippen molar-refractivity contribution >= 4 is 0 Å². The van der Waals surface area contributed by atoms with Gasteiger partial charge in [0, 0.05) is 31.2 Å². The third-order valence-electron chi connectivity index (χ3n) is 5.28. The minimum Gasteiger partial charge on any atom is -0.311 e. The Morgan fingerprint density at radius 2 is 1.90 bits per heavy atom. The fraction of sp³-hybridized carbons (Fsp3) is 0.684. The molecule has 2 fully saturated rings. The lowest BCUT2D eigenvalue weighted by Crippen LogP contribution is -2.64. The summed E-state index contributed by atoms with van der Waals surface area (Å²) in [6.45, 7) is 8.38. The molecule has 0 aromatic heterocycles. The van der Waals surface area contributed by atoms with Crippen molar-refractivity contribution in [1.29, 1.82) is 0 Å². The lowest BCUT2D eigenvalue weighted by Gasteiger charge is -2.49. The molecule has 0 radical (unpaired) electrons. The monoisotopic (exact) mass is 286 g/mol. The zero-order valence-corrected chi connectivity index (χ0v) is 13.6. The number of nitrogens with zero attached hydrogens (tertiary/aromatic N) is 1. The van der Waals surface area contributed by atoms with Crippen LogP contribution >= 0.6 is 0 Å². The first kappa shape index (κ1) is 15.1. The Morgan fingerprint density at radius 3 is 2.57 bits per heavy atom. The maximum Gasteiger partial charge on any atom is 0.0334 e. The van der Waals surface area contributed by atoms with Gasteiger partial charge in [0.1, 0.15) is 0 Å². The Kier molecular flexibility index (Phi) is 4.66. The Hall–Kier alpha value is -0.860. The molecule has 0 amide bonds. The van der Waals surface area contributed by atoms with Crippen molar-refractivity contribution in [2.24, 2.45) is 5.92 Å². The Morgan fingerprint density at radius 1 is 1.19 bits per heavy atom. The fourth-order valence-corrected chi connectivity index (χ4v) is 4.24. The minimum atomic E-state index is 0.470. The maximum atomic E-state index is 3.86. The van der Waals surface area contributed by atoms with Crippen molar-refractivity contribution < 1.29 is 0 Å². The Bertz CT molecular complexity index is 434. The number of hydrogen-bond acceptors (Lipinski definition) is 2. The van der Waals surface area contributed by atoms with Crippen LogP contribution in [-0.2, 0) is 6.42 Å². The molecule has 1 N–H and O–H groups in total. The van der Waals surface area contributed by atoms with E-state index in [1.807, 2.05) is 0 Å². The van der Waals surface area contributed by atoms with Gasteiger partial charge in [0.15, 0.2) is 0 Å². The van der Waals surface area contributed by atoms with Crippen LogP contribution in [0.25, 0.3) is 0 Å². The van der Waals surface area contributed by atoms with Gasteiger partial charge < -0.3 is 5.32 Å². The van der Waals surface area contributed by atoms with Crippen LogP contribution in [0.1, 0.15) is 45.1 Å². The van der Waals surface area contributed by atoms with E-state index in [1.54, 1.807) is 0 Å². The number of benzene rings is 1. The number of rotatable bonds is 4. The molecule has 1 unspecified atom stereocenters. The molecule has 2 heteroatoms. The standard InChI is InChI=1S/C19H30N2/c1-16(2)13-21-14-18(12-17-8-4-3-5-9-17)20-15-19(21)10-6-7-11-19/h3-5,8-9,16,18,20H,6-7,10-15H2,1-2H3. The van der Waals surface area contributed by atoms with Crippen molar-refractivity contribution in [3.05, 3.63) is 35.9 Å². The van der Waals surface area contributed by atoms with E-state index in [0.717, 1.165) is 12.3 Å². The molecule has 1 aromatic carbocycles. The summed E-state index contributed by atoms with van der Waals surface area (Å²) in [4.78, 5) is 2.83. The summed E-state index contributed by atoms with van der Waals surface area (Å²) in [5, 5.41) is 3.86. The molecule has 2 aliphatic rings. The molecule has 1 aromatic rings. The number of nitrogens with one attached hydrogen (secondary N) is 1. The lowest BCUT2D eigenvalue weighted by atomic mass is 9.88. The van der Waals surface area contributed by atoms with Crippen LogP contribution in [0.2, 0.25) is 0 Å². The van der Waals surface area contributed by atoms with Crippen molar-refractivity contribution in [3.63, 3.8) is 0 Å². The molecule has 21 heavy (non-hydrogen) atoms. The number of hydrogen-bond donors (Lipinski definition) is 1. The highest BCUT2D eigenvalue weighted by Gasteiger charge is 2.43. The van der Waals surface area contributed by atoms with Gasteiger partial charge in [-0.05, 0) is 30.7 Å². The average molecular weight is 286 g/mol. The summed E-state index contributed by atoms with van der Waals surface area (Å²) in [7, 11) is 0. The Balaban J connectivity index is 1.67. The normalized spacial score (nSPS) is 25.8. The van der Waals surface area contributed by atoms with Crippen molar-refractivity contribution in [2.45, 2.75) is 57.5 Å². The van der Waals surface area contributed by atoms with Crippen LogP contribution in [0.4, 0.5) is 0 Å². The molecular weight excluding hydrogens is 256 g/mol. The van der Waals surface area contributed by atoms with Gasteiger partial charge in [-0.25, -0.2) is 0 Å². The maximum absolute atomic E-state index is 3.86. The van der Waals surface area contributed by atoms with Crippen LogP contribution in [0, 0.1) is 5.92 Å². The highest BCUT2D eigenvalue weighted by molar-refractivity contribution is 5.17. The summed E-state index contributed by atoms with van der Waals surface area (Å²) < 4.78 is 0. The zero-order valence-electron chi connectivity index (χ0n) is 13.6. The van der Waals surface area contributed by atoms with Crippen molar-refractivity contribution in [3.8, 4) is 0 Å². The molecule has 116 valence electrons. The SMILES string of the molecule is CC(C)CN1CC(Cc2ccccc2)NCC12CCCC2. The predicted octanol–water partition coefficient (Wildman–Crippen LogP) is 3.47. The molecule has 1 saturated heterocycles. The van der Waals surface area contributed by atoms with E-state index in [4.69, 9.17) is 0 Å². The second kappa shape index (κ2) is 6.50. The number of piperazine rings is 1. The molecular formula is C19H30N2. The molecule has 1 aliphatic heterocycles. The summed E-state index contributed by atoms with van der Waals surface area (Å²) in [6.07, 6.45) is 6.78. The molecule has 1 aliphatic carbocycles. The second-order valence-corrected chi connectivity index (χ2v) is 7.50. The molecule has 0 bridgehead atoms. The van der Waals surface area contributed by atoms with E-state index in [1.165, 1.54) is 50.9 Å². The van der Waals surface area contributed by atoms with E-state index in [0.29, 0.717) is 11.6 Å². The van der Waals surface area contributed by atoms with E-state index in [9.17, 15) is 0 Å². The van der Waals surface area contributed by atoms with Crippen LogP contribution in [0.5, 0.6) is 0 Å². The first-order chi connectivity index (χ1) is 10.2. The summed E-state index contributed by atoms with van der Waals surface area (Å²) in [5.74, 6) is 0.762. The molecule has 1 atom stereocenters. The fourth-order valence-electron chi connectivity index (χ4n) is 4.24. The average Bonchev–Trinajstić information content (AvgIpc) is 2.93. The van der Waals surface area contributed by atoms with E-state index < -0.39 is 0 Å². The van der Waals surface area contributed by atoms with Gasteiger partial charge in [0.2, 0.25) is 0 Å². The first-order valence-electron chi connectivity index (χ1n) is 8.70. The topological polar surface area (TPSA) is 15.3 Å². The first-order valence-corrected chi connectivity index (χ1v) is 8.70. The largest absolute Gasteiger partial charge is 0.311 e. The molecule has 1 saturated carbocycles. The van der Waals surface area contributed by atoms with Gasteiger partial charge in [0.25, 0.3) is 0 Å². The van der Waals surface area contributed by atoms with Crippen LogP contribution in [0.3, 0.4) is 0 Å². The van der Waals surface area contributed by atoms with Crippen LogP contribution in [0.15, 0.2) is 30.3 Å². The highest BCUT2D eigenvalue weighted by Crippen LogP contribution is 2.37. The smallest absolute Gasteiger partial charge is 0.0334 e. The van der Waals surface area contributed by atoms with E-state index in [-0.39, 0.29) is 0 Å². The van der Waals surface area contributed by atoms with Crippen LogP contribution in [-0.4, -0.2) is 36.1 Å². The van der Waals surface area contributed by atoms with Crippen LogP contribution < -0.4 is 5.32 Å². The van der Waals surface area contributed by atoms with Crippen molar-refractivity contribution in [2.75, 3.05) is 19.6 Å². The Labute approximate surface area is 129 Å². The predicted molar refractivity (Wildman–Crippen MR) is 89.5 cm³/mol. The highest BCUT2D eigenvalue weighted by atomic mass is 15.3. The molecule has 1 spiro atoms. The van der Waals surface area contributed by atoms with Gasteiger partial charge in [0.05, 0.1) is 0 Å². The summed E-state index contributed by atoms with van der Waals surface area (Å²) in [5.41, 5.74) is 1.93. The van der Waals surface area contributed by atoms with Gasteiger partial charge in [-0.2, -0.15) is 0 Å². The second-order valence-electron chi connectivity index (χ2n) is 7.50. The molecule has 2 nitrogen and oxygen atoms in total. The lowest BCUT2D eigenvalue weighted by molar-refractivity contribution is 0.0332. The minimum absolute atomic E-state index is 0.470. The van der Waals surface area contributed by atoms with Gasteiger partial charge in [-0.3, -0.25) is 4.90 Å². The quantitative estimate of drug-likeness (QED) is 0.911. The van der Waals surface area contributed by atoms with Gasteiger partial charge >= 0.3 is 0 Å². The van der Waals surface area contributed by atoms with Crippen molar-refractivity contribution in [1.82, 2.24) is 10.2 Å². The van der Waals surface area contributed by atoms with Gasteiger partial charge in [-0.15, -0.1) is 0 Å². The summed E-state index contributed by atoms with van der Waals surface area (Å²) in [6, 6.07) is 11.5. The third-order valence-corrected chi connectivity index (χ3v) is 5.28. The summed E-state index contributed by atoms with van der Waals surface area (Å²) >= 11 is 0. The van der Waals surface area contributed by atoms with E-state index in [2.05, 4.69) is 54.4 Å². The third kappa shape index (κ3) is 3.49.